The number of urea groups is 1. The second-order valence-corrected chi connectivity index (χ2v) is 6.46. The lowest BCUT2D eigenvalue weighted by atomic mass is 9.95. The van der Waals surface area contributed by atoms with E-state index in [2.05, 4.69) is 0 Å². The van der Waals surface area contributed by atoms with Crippen LogP contribution in [0.1, 0.15) is 23.4 Å². The quantitative estimate of drug-likeness (QED) is 0.828. The lowest BCUT2D eigenvalue weighted by Gasteiger charge is -2.35. The molecule has 4 heterocycles. The van der Waals surface area contributed by atoms with Gasteiger partial charge in [0.15, 0.2) is 5.76 Å². The van der Waals surface area contributed by atoms with Crippen molar-refractivity contribution in [1.82, 2.24) is 14.7 Å². The van der Waals surface area contributed by atoms with E-state index in [0.29, 0.717) is 37.3 Å². The van der Waals surface area contributed by atoms with Crippen molar-refractivity contribution in [3.05, 3.63) is 17.9 Å². The van der Waals surface area contributed by atoms with Crippen molar-refractivity contribution < 1.29 is 18.7 Å². The number of hydrogen-bond acceptors (Lipinski definition) is 4. The fourth-order valence-corrected chi connectivity index (χ4v) is 3.46. The Bertz CT molecular complexity index is 598. The Morgan fingerprint density at radius 1 is 1.22 bits per heavy atom. The third-order valence-corrected chi connectivity index (χ3v) is 4.62. The van der Waals surface area contributed by atoms with Crippen LogP contribution in [0.15, 0.2) is 16.5 Å². The molecule has 0 aliphatic carbocycles. The third kappa shape index (κ3) is 3.00. The fourth-order valence-electron chi connectivity index (χ4n) is 3.46. The van der Waals surface area contributed by atoms with E-state index >= 15 is 0 Å². The van der Waals surface area contributed by atoms with Crippen molar-refractivity contribution in [3.8, 4) is 5.95 Å². The Morgan fingerprint density at radius 3 is 2.65 bits per heavy atom. The van der Waals surface area contributed by atoms with E-state index < -0.39 is 0 Å². The maximum atomic E-state index is 12.7. The molecule has 0 N–H and O–H groups in total. The average molecular weight is 321 g/mol. The van der Waals surface area contributed by atoms with Gasteiger partial charge >= 0.3 is 6.03 Å². The number of carbonyl (C=O) groups excluding carboxylic acids is 2. The first-order valence-corrected chi connectivity index (χ1v) is 7.90. The van der Waals surface area contributed by atoms with E-state index in [1.165, 1.54) is 7.11 Å². The Balaban J connectivity index is 1.77. The monoisotopic (exact) mass is 321 g/mol. The molecule has 3 saturated heterocycles. The molecule has 0 saturated carbocycles. The van der Waals surface area contributed by atoms with E-state index in [1.54, 1.807) is 31.1 Å². The van der Waals surface area contributed by atoms with Gasteiger partial charge in [-0.25, -0.2) is 4.79 Å². The summed E-state index contributed by atoms with van der Waals surface area (Å²) in [4.78, 5) is 30.3. The van der Waals surface area contributed by atoms with Crippen molar-refractivity contribution >= 4 is 11.9 Å². The highest BCUT2D eigenvalue weighted by molar-refractivity contribution is 5.92. The van der Waals surface area contributed by atoms with E-state index in [-0.39, 0.29) is 18.0 Å². The number of carbonyl (C=O) groups is 2. The van der Waals surface area contributed by atoms with Crippen LogP contribution in [0.4, 0.5) is 4.79 Å². The zero-order valence-electron chi connectivity index (χ0n) is 13.8. The van der Waals surface area contributed by atoms with Gasteiger partial charge in [-0.1, -0.05) is 0 Å². The van der Waals surface area contributed by atoms with E-state index in [4.69, 9.17) is 9.15 Å². The topological polar surface area (TPSA) is 66.2 Å². The van der Waals surface area contributed by atoms with Crippen molar-refractivity contribution in [1.29, 1.82) is 0 Å². The van der Waals surface area contributed by atoms with Crippen LogP contribution in [0.2, 0.25) is 0 Å². The molecule has 0 spiro atoms. The van der Waals surface area contributed by atoms with Crippen molar-refractivity contribution in [2.24, 2.45) is 5.92 Å². The Morgan fingerprint density at radius 2 is 2.00 bits per heavy atom. The van der Waals surface area contributed by atoms with Gasteiger partial charge in [0, 0.05) is 45.8 Å². The van der Waals surface area contributed by atoms with Crippen LogP contribution in [0.25, 0.3) is 0 Å². The highest BCUT2D eigenvalue weighted by Crippen LogP contribution is 2.30. The molecule has 3 aliphatic heterocycles. The van der Waals surface area contributed by atoms with Crippen LogP contribution in [0, 0.1) is 5.92 Å². The fraction of sp³-hybridized carbons (Fsp3) is 0.625. The first kappa shape index (κ1) is 15.7. The van der Waals surface area contributed by atoms with Gasteiger partial charge in [-0.15, -0.1) is 0 Å². The lowest BCUT2D eigenvalue weighted by molar-refractivity contribution is 0.0548. The van der Waals surface area contributed by atoms with Crippen molar-refractivity contribution in [2.75, 3.05) is 40.8 Å². The van der Waals surface area contributed by atoms with Crippen LogP contribution < -0.4 is 4.74 Å². The van der Waals surface area contributed by atoms with Crippen molar-refractivity contribution in [2.45, 2.75) is 18.9 Å². The van der Waals surface area contributed by atoms with E-state index in [0.717, 1.165) is 12.8 Å². The average Bonchev–Trinajstić information content (AvgIpc) is 2.84. The molecule has 126 valence electrons. The molecule has 1 aromatic rings. The summed E-state index contributed by atoms with van der Waals surface area (Å²) in [5, 5.41) is 0. The predicted molar refractivity (Wildman–Crippen MR) is 83.5 cm³/mol. The molecular weight excluding hydrogens is 298 g/mol. The molecular formula is C16H23N3O4. The molecule has 0 radical (unpaired) electrons. The molecule has 3 amide bonds. The Kier molecular flexibility index (Phi) is 4.19. The van der Waals surface area contributed by atoms with Gasteiger partial charge < -0.3 is 23.9 Å². The number of piperidine rings is 1. The largest absolute Gasteiger partial charge is 0.468 e. The van der Waals surface area contributed by atoms with Gasteiger partial charge in [-0.2, -0.15) is 0 Å². The summed E-state index contributed by atoms with van der Waals surface area (Å²) in [6, 6.07) is 3.34. The summed E-state index contributed by atoms with van der Waals surface area (Å²) >= 11 is 0. The molecule has 7 heteroatoms. The molecule has 2 atom stereocenters. The molecule has 2 bridgehead atoms. The molecule has 0 aromatic carbocycles. The van der Waals surface area contributed by atoms with Crippen LogP contribution in [0.5, 0.6) is 5.95 Å². The summed E-state index contributed by atoms with van der Waals surface area (Å²) < 4.78 is 10.4. The van der Waals surface area contributed by atoms with Crippen LogP contribution >= 0.6 is 0 Å². The van der Waals surface area contributed by atoms with Gasteiger partial charge in [-0.3, -0.25) is 4.79 Å². The first-order valence-electron chi connectivity index (χ1n) is 7.90. The summed E-state index contributed by atoms with van der Waals surface area (Å²) in [5.41, 5.74) is 0. The SMILES string of the molecule is COc1ccc(C(=O)N2C[C@H]3CC[C@@H]2CN(C(=O)N(C)C)C3)o1. The van der Waals surface area contributed by atoms with Crippen LogP contribution in [0.3, 0.4) is 0 Å². The number of hydrogen-bond donors (Lipinski definition) is 0. The highest BCUT2D eigenvalue weighted by Gasteiger charge is 2.39. The van der Waals surface area contributed by atoms with Gasteiger partial charge in [0.1, 0.15) is 0 Å². The number of furan rings is 1. The number of amides is 3. The minimum absolute atomic E-state index is 0.0101. The molecule has 3 fully saturated rings. The number of methoxy groups -OCH3 is 1. The first-order chi connectivity index (χ1) is 11.0. The number of nitrogens with zero attached hydrogens (tertiary/aromatic N) is 3. The summed E-state index contributed by atoms with van der Waals surface area (Å²) in [7, 11) is 5.02. The number of ether oxygens (including phenoxy) is 1. The number of rotatable bonds is 2. The minimum Gasteiger partial charge on any atom is -0.468 e. The molecule has 0 unspecified atom stereocenters. The van der Waals surface area contributed by atoms with E-state index in [1.807, 2.05) is 9.80 Å². The smallest absolute Gasteiger partial charge is 0.319 e. The highest BCUT2D eigenvalue weighted by atomic mass is 16.6. The summed E-state index contributed by atoms with van der Waals surface area (Å²) in [6.07, 6.45) is 1.97. The predicted octanol–water partition coefficient (Wildman–Crippen LogP) is 1.51. The summed E-state index contributed by atoms with van der Waals surface area (Å²) in [5.74, 6) is 0.818. The second-order valence-electron chi connectivity index (χ2n) is 6.46. The minimum atomic E-state index is -0.123. The standard InChI is InChI=1S/C16H23N3O4/c1-17(2)16(21)18-8-11-4-5-12(10-18)19(9-11)15(20)13-6-7-14(22-3)23-13/h6-7,11-12H,4-5,8-10H2,1-3H3/t11-,12+/m0/s1. The van der Waals surface area contributed by atoms with Gasteiger partial charge in [-0.05, 0) is 24.8 Å². The van der Waals surface area contributed by atoms with Gasteiger partial charge in [0.25, 0.3) is 11.9 Å². The lowest BCUT2D eigenvalue weighted by Crippen LogP contribution is -2.48. The maximum absolute atomic E-state index is 12.7. The zero-order chi connectivity index (χ0) is 16.6. The zero-order valence-corrected chi connectivity index (χ0v) is 13.8. The molecule has 1 aromatic heterocycles. The normalized spacial score (nSPS) is 23.6. The van der Waals surface area contributed by atoms with Crippen LogP contribution in [-0.2, 0) is 0 Å². The van der Waals surface area contributed by atoms with Gasteiger partial charge in [0.05, 0.1) is 7.11 Å². The molecule has 23 heavy (non-hydrogen) atoms. The second kappa shape index (κ2) is 6.14. The summed E-state index contributed by atoms with van der Waals surface area (Å²) in [6.45, 7) is 1.96. The maximum Gasteiger partial charge on any atom is 0.319 e. The molecule has 7 nitrogen and oxygen atoms in total. The molecule has 3 aliphatic rings. The Labute approximate surface area is 135 Å². The third-order valence-electron chi connectivity index (χ3n) is 4.62. The number of fused-ring (bicyclic) bond motifs is 4. The molecule has 4 rings (SSSR count). The van der Waals surface area contributed by atoms with Crippen molar-refractivity contribution in [3.63, 3.8) is 0 Å². The van der Waals surface area contributed by atoms with E-state index in [9.17, 15) is 9.59 Å². The van der Waals surface area contributed by atoms with Gasteiger partial charge in [0.2, 0.25) is 0 Å². The Hall–Kier alpha value is -2.18. The van der Waals surface area contributed by atoms with Crippen LogP contribution in [-0.4, -0.2) is 73.5 Å².